The molecule has 0 aromatic carbocycles. The molecule has 5 heteroatoms. The molecule has 2 rings (SSSR count). The maximum Gasteiger partial charge on any atom is 0.232 e. The van der Waals surface area contributed by atoms with Gasteiger partial charge in [0.15, 0.2) is 0 Å². The third-order valence-electron chi connectivity index (χ3n) is 3.33. The molecule has 0 radical (unpaired) electrons. The molecule has 1 aliphatic rings. The standard InChI is InChI=1S/C12H16Cl2N2O/c13-10-4-11(14)12(16-6-10)17-7-9-3-1-2-8(9)5-15/h4,6,8-9H,1-3,5,7,15H2. The third-order valence-corrected chi connectivity index (χ3v) is 3.80. The van der Waals surface area contributed by atoms with Crippen molar-refractivity contribution in [2.45, 2.75) is 19.3 Å². The fourth-order valence-electron chi connectivity index (χ4n) is 2.34. The van der Waals surface area contributed by atoms with Gasteiger partial charge in [0.2, 0.25) is 5.88 Å². The van der Waals surface area contributed by atoms with Crippen molar-refractivity contribution < 1.29 is 4.74 Å². The van der Waals surface area contributed by atoms with E-state index in [0.29, 0.717) is 34.4 Å². The highest BCUT2D eigenvalue weighted by atomic mass is 35.5. The molecule has 1 heterocycles. The SMILES string of the molecule is NCC1CCCC1COc1ncc(Cl)cc1Cl. The minimum atomic E-state index is 0.457. The minimum Gasteiger partial charge on any atom is -0.476 e. The van der Waals surface area contributed by atoms with E-state index in [1.54, 1.807) is 6.07 Å². The van der Waals surface area contributed by atoms with E-state index in [1.165, 1.54) is 25.5 Å². The van der Waals surface area contributed by atoms with Gasteiger partial charge in [-0.2, -0.15) is 0 Å². The summed E-state index contributed by atoms with van der Waals surface area (Å²) in [6.45, 7) is 1.37. The second-order valence-corrected chi connectivity index (χ2v) is 5.28. The minimum absolute atomic E-state index is 0.457. The highest BCUT2D eigenvalue weighted by Crippen LogP contribution is 2.32. The van der Waals surface area contributed by atoms with E-state index in [4.69, 9.17) is 33.7 Å². The predicted molar refractivity (Wildman–Crippen MR) is 69.6 cm³/mol. The van der Waals surface area contributed by atoms with Crippen LogP contribution in [0.4, 0.5) is 0 Å². The van der Waals surface area contributed by atoms with Gasteiger partial charge in [-0.25, -0.2) is 4.98 Å². The van der Waals surface area contributed by atoms with Gasteiger partial charge >= 0.3 is 0 Å². The first-order valence-electron chi connectivity index (χ1n) is 5.84. The molecule has 0 aliphatic heterocycles. The van der Waals surface area contributed by atoms with Gasteiger partial charge in [0.1, 0.15) is 5.02 Å². The number of nitrogens with zero attached hydrogens (tertiary/aromatic N) is 1. The van der Waals surface area contributed by atoms with E-state index in [1.807, 2.05) is 0 Å². The molecule has 1 aromatic rings. The highest BCUT2D eigenvalue weighted by molar-refractivity contribution is 6.35. The van der Waals surface area contributed by atoms with E-state index in [-0.39, 0.29) is 0 Å². The quantitative estimate of drug-likeness (QED) is 0.918. The van der Waals surface area contributed by atoms with Crippen LogP contribution in [-0.4, -0.2) is 18.1 Å². The van der Waals surface area contributed by atoms with Crippen molar-refractivity contribution in [2.75, 3.05) is 13.2 Å². The van der Waals surface area contributed by atoms with Gasteiger partial charge in [-0.3, -0.25) is 0 Å². The van der Waals surface area contributed by atoms with Gasteiger partial charge in [-0.15, -0.1) is 0 Å². The molecule has 0 amide bonds. The van der Waals surface area contributed by atoms with Crippen molar-refractivity contribution in [3.8, 4) is 5.88 Å². The average molecular weight is 275 g/mol. The maximum absolute atomic E-state index is 5.99. The van der Waals surface area contributed by atoms with Crippen LogP contribution in [0, 0.1) is 11.8 Å². The molecule has 0 saturated heterocycles. The van der Waals surface area contributed by atoms with Crippen LogP contribution < -0.4 is 10.5 Å². The molecule has 2 N–H and O–H groups in total. The molecule has 3 nitrogen and oxygen atoms in total. The topological polar surface area (TPSA) is 48.1 Å². The Morgan fingerprint density at radius 1 is 1.35 bits per heavy atom. The van der Waals surface area contributed by atoms with Crippen LogP contribution in [0.5, 0.6) is 5.88 Å². The summed E-state index contributed by atoms with van der Waals surface area (Å²) in [5.41, 5.74) is 5.73. The molecule has 0 spiro atoms. The zero-order valence-corrected chi connectivity index (χ0v) is 11.0. The Balaban J connectivity index is 1.93. The van der Waals surface area contributed by atoms with E-state index in [0.717, 1.165) is 6.54 Å². The Bertz CT molecular complexity index is 387. The smallest absolute Gasteiger partial charge is 0.232 e. The van der Waals surface area contributed by atoms with Crippen molar-refractivity contribution >= 4 is 23.2 Å². The normalized spacial score (nSPS) is 23.9. The number of hydrogen-bond donors (Lipinski definition) is 1. The molecule has 1 aliphatic carbocycles. The Hall–Kier alpha value is -0.510. The summed E-state index contributed by atoms with van der Waals surface area (Å²) in [5.74, 6) is 1.55. The van der Waals surface area contributed by atoms with Gasteiger partial charge < -0.3 is 10.5 Å². The molecule has 1 aromatic heterocycles. The molecule has 94 valence electrons. The van der Waals surface area contributed by atoms with Crippen LogP contribution in [0.1, 0.15) is 19.3 Å². The molecular formula is C12H16Cl2N2O. The summed E-state index contributed by atoms with van der Waals surface area (Å²) in [6, 6.07) is 1.64. The highest BCUT2D eigenvalue weighted by Gasteiger charge is 2.26. The number of aromatic nitrogens is 1. The van der Waals surface area contributed by atoms with Crippen LogP contribution in [0.3, 0.4) is 0 Å². The summed E-state index contributed by atoms with van der Waals surface area (Å²) in [6.07, 6.45) is 5.15. The Morgan fingerprint density at radius 3 is 2.82 bits per heavy atom. The molecule has 2 atom stereocenters. The van der Waals surface area contributed by atoms with Crippen molar-refractivity contribution in [3.63, 3.8) is 0 Å². The van der Waals surface area contributed by atoms with E-state index >= 15 is 0 Å². The Morgan fingerprint density at radius 2 is 2.12 bits per heavy atom. The third kappa shape index (κ3) is 3.24. The van der Waals surface area contributed by atoms with Crippen LogP contribution in [0.25, 0.3) is 0 Å². The van der Waals surface area contributed by atoms with Gasteiger partial charge in [-0.1, -0.05) is 29.6 Å². The van der Waals surface area contributed by atoms with Crippen LogP contribution in [-0.2, 0) is 0 Å². The van der Waals surface area contributed by atoms with Gasteiger partial charge in [0.25, 0.3) is 0 Å². The lowest BCUT2D eigenvalue weighted by atomic mass is 9.97. The monoisotopic (exact) mass is 274 g/mol. The first-order valence-corrected chi connectivity index (χ1v) is 6.60. The fraction of sp³-hybridized carbons (Fsp3) is 0.583. The Kier molecular flexibility index (Phi) is 4.48. The van der Waals surface area contributed by atoms with Crippen molar-refractivity contribution in [3.05, 3.63) is 22.3 Å². The Labute approximate surface area is 111 Å². The lowest BCUT2D eigenvalue weighted by Gasteiger charge is -2.18. The average Bonchev–Trinajstić information content (AvgIpc) is 2.75. The molecular weight excluding hydrogens is 259 g/mol. The largest absolute Gasteiger partial charge is 0.476 e. The lowest BCUT2D eigenvalue weighted by Crippen LogP contribution is -2.23. The number of pyridine rings is 1. The fourth-order valence-corrected chi connectivity index (χ4v) is 2.77. The zero-order chi connectivity index (χ0) is 12.3. The van der Waals surface area contributed by atoms with Gasteiger partial charge in [0, 0.05) is 6.20 Å². The number of halogens is 2. The summed E-state index contributed by atoms with van der Waals surface area (Å²) in [5, 5.41) is 0.975. The van der Waals surface area contributed by atoms with Crippen molar-refractivity contribution in [2.24, 2.45) is 17.6 Å². The number of nitrogens with two attached hydrogens (primary N) is 1. The molecule has 0 bridgehead atoms. The number of hydrogen-bond acceptors (Lipinski definition) is 3. The molecule has 1 fully saturated rings. The lowest BCUT2D eigenvalue weighted by molar-refractivity contribution is 0.210. The zero-order valence-electron chi connectivity index (χ0n) is 9.53. The van der Waals surface area contributed by atoms with E-state index in [2.05, 4.69) is 4.98 Å². The molecule has 17 heavy (non-hydrogen) atoms. The van der Waals surface area contributed by atoms with Crippen LogP contribution in [0.15, 0.2) is 12.3 Å². The summed E-state index contributed by atoms with van der Waals surface area (Å²) >= 11 is 11.8. The van der Waals surface area contributed by atoms with Crippen LogP contribution >= 0.6 is 23.2 Å². The molecule has 1 saturated carbocycles. The first kappa shape index (κ1) is 12.9. The maximum atomic E-state index is 5.99. The first-order chi connectivity index (χ1) is 8.20. The van der Waals surface area contributed by atoms with E-state index < -0.39 is 0 Å². The summed E-state index contributed by atoms with van der Waals surface area (Å²) in [7, 11) is 0. The van der Waals surface area contributed by atoms with Crippen LogP contribution in [0.2, 0.25) is 10.0 Å². The summed E-state index contributed by atoms with van der Waals surface area (Å²) < 4.78 is 5.65. The summed E-state index contributed by atoms with van der Waals surface area (Å²) in [4.78, 5) is 4.07. The van der Waals surface area contributed by atoms with E-state index in [9.17, 15) is 0 Å². The van der Waals surface area contributed by atoms with Gasteiger partial charge in [-0.05, 0) is 37.3 Å². The van der Waals surface area contributed by atoms with Gasteiger partial charge in [0.05, 0.1) is 11.6 Å². The van der Waals surface area contributed by atoms with Crippen molar-refractivity contribution in [1.82, 2.24) is 4.98 Å². The second-order valence-electron chi connectivity index (χ2n) is 4.44. The van der Waals surface area contributed by atoms with Crippen molar-refractivity contribution in [1.29, 1.82) is 0 Å². The number of rotatable bonds is 4. The number of ether oxygens (including phenoxy) is 1. The second kappa shape index (κ2) is 5.89. The predicted octanol–water partition coefficient (Wildman–Crippen LogP) is 3.14. The molecule has 2 unspecified atom stereocenters.